The van der Waals surface area contributed by atoms with Crippen LogP contribution in [0.4, 0.5) is 5.82 Å². The van der Waals surface area contributed by atoms with E-state index in [1.165, 1.54) is 0 Å². The number of hydrogen-bond donors (Lipinski definition) is 2. The molecule has 5 nitrogen and oxygen atoms in total. The van der Waals surface area contributed by atoms with Gasteiger partial charge in [-0.1, -0.05) is 20.8 Å². The van der Waals surface area contributed by atoms with E-state index in [0.29, 0.717) is 12.2 Å². The van der Waals surface area contributed by atoms with Crippen LogP contribution in [0.15, 0.2) is 6.07 Å². The largest absolute Gasteiger partial charge is 0.378 e. The van der Waals surface area contributed by atoms with Gasteiger partial charge in [0.1, 0.15) is 0 Å². The summed E-state index contributed by atoms with van der Waals surface area (Å²) in [5.74, 6) is 0.602. The molecule has 1 fully saturated rings. The minimum atomic E-state index is 0.00228. The number of carbonyl (C=O) groups is 1. The van der Waals surface area contributed by atoms with E-state index in [1.807, 2.05) is 6.07 Å². The van der Waals surface area contributed by atoms with Crippen molar-refractivity contribution in [2.45, 2.75) is 58.0 Å². The summed E-state index contributed by atoms with van der Waals surface area (Å²) in [6.07, 6.45) is 3.73. The number of rotatable bonds is 4. The average Bonchev–Trinajstić information content (AvgIpc) is 2.95. The van der Waals surface area contributed by atoms with Crippen molar-refractivity contribution in [2.24, 2.45) is 0 Å². The number of hydrogen-bond acceptors (Lipinski definition) is 3. The van der Waals surface area contributed by atoms with Crippen LogP contribution >= 0.6 is 0 Å². The SMILES string of the molecule is CC(C)(C)c1cc(NC(=O)CCC2CCCO2)n[nH]1. The molecule has 5 heteroatoms. The van der Waals surface area contributed by atoms with Crippen molar-refractivity contribution in [3.63, 3.8) is 0 Å². The van der Waals surface area contributed by atoms with Crippen molar-refractivity contribution in [1.29, 1.82) is 0 Å². The van der Waals surface area contributed by atoms with Crippen molar-refractivity contribution < 1.29 is 9.53 Å². The molecule has 0 saturated carbocycles. The van der Waals surface area contributed by atoms with E-state index in [4.69, 9.17) is 4.74 Å². The molecule has 1 amide bonds. The topological polar surface area (TPSA) is 67.0 Å². The molecule has 2 N–H and O–H groups in total. The van der Waals surface area contributed by atoms with Crippen LogP contribution in [0.25, 0.3) is 0 Å². The maximum atomic E-state index is 11.8. The van der Waals surface area contributed by atoms with Gasteiger partial charge in [0, 0.05) is 30.2 Å². The van der Waals surface area contributed by atoms with E-state index >= 15 is 0 Å². The molecule has 106 valence electrons. The molecule has 0 aliphatic carbocycles. The van der Waals surface area contributed by atoms with Crippen LogP contribution in [0.1, 0.15) is 52.1 Å². The first-order valence-corrected chi connectivity index (χ1v) is 6.92. The van der Waals surface area contributed by atoms with E-state index < -0.39 is 0 Å². The number of aromatic amines is 1. The summed E-state index contributed by atoms with van der Waals surface area (Å²) < 4.78 is 5.50. The van der Waals surface area contributed by atoms with Crippen molar-refractivity contribution in [3.8, 4) is 0 Å². The number of nitrogens with one attached hydrogen (secondary N) is 2. The summed E-state index contributed by atoms with van der Waals surface area (Å²) >= 11 is 0. The maximum Gasteiger partial charge on any atom is 0.225 e. The molecule has 2 rings (SSSR count). The minimum absolute atomic E-state index is 0.00228. The van der Waals surface area contributed by atoms with Gasteiger partial charge in [-0.3, -0.25) is 9.89 Å². The molecule has 1 aliphatic heterocycles. The first-order valence-electron chi connectivity index (χ1n) is 6.92. The van der Waals surface area contributed by atoms with Gasteiger partial charge in [-0.25, -0.2) is 0 Å². The number of nitrogens with zero attached hydrogens (tertiary/aromatic N) is 1. The summed E-state index contributed by atoms with van der Waals surface area (Å²) in [5, 5.41) is 9.89. The Kier molecular flexibility index (Phi) is 4.24. The van der Waals surface area contributed by atoms with Gasteiger partial charge in [-0.05, 0) is 19.3 Å². The Morgan fingerprint density at radius 2 is 2.37 bits per heavy atom. The summed E-state index contributed by atoms with van der Waals surface area (Å²) in [7, 11) is 0. The second-order valence-electron chi connectivity index (χ2n) is 6.14. The fourth-order valence-corrected chi connectivity index (χ4v) is 2.14. The molecule has 0 radical (unpaired) electrons. The number of aromatic nitrogens is 2. The molecular weight excluding hydrogens is 242 g/mol. The molecule has 1 aliphatic rings. The molecule has 2 heterocycles. The Labute approximate surface area is 114 Å². The van der Waals surface area contributed by atoms with Gasteiger partial charge in [0.05, 0.1) is 6.10 Å². The summed E-state index contributed by atoms with van der Waals surface area (Å²) in [6, 6.07) is 1.89. The van der Waals surface area contributed by atoms with Crippen molar-refractivity contribution in [1.82, 2.24) is 10.2 Å². The van der Waals surface area contributed by atoms with Crippen LogP contribution in [0.5, 0.6) is 0 Å². The molecule has 1 saturated heterocycles. The molecule has 1 aromatic rings. The standard InChI is InChI=1S/C14H23N3O2/c1-14(2,3)11-9-12(17-16-11)15-13(18)7-6-10-5-4-8-19-10/h9-10H,4-8H2,1-3H3,(H2,15,16,17,18). The second-order valence-corrected chi connectivity index (χ2v) is 6.14. The van der Waals surface area contributed by atoms with E-state index in [2.05, 4.69) is 36.3 Å². The molecular formula is C14H23N3O2. The highest BCUT2D eigenvalue weighted by Crippen LogP contribution is 2.22. The smallest absolute Gasteiger partial charge is 0.225 e. The van der Waals surface area contributed by atoms with E-state index in [9.17, 15) is 4.79 Å². The summed E-state index contributed by atoms with van der Waals surface area (Å²) in [6.45, 7) is 7.14. The lowest BCUT2D eigenvalue weighted by molar-refractivity contribution is -0.116. The maximum absolute atomic E-state index is 11.8. The fourth-order valence-electron chi connectivity index (χ4n) is 2.14. The summed E-state index contributed by atoms with van der Waals surface area (Å²) in [5.41, 5.74) is 1.02. The van der Waals surface area contributed by atoms with Gasteiger partial charge in [0.2, 0.25) is 5.91 Å². The van der Waals surface area contributed by atoms with Crippen molar-refractivity contribution in [3.05, 3.63) is 11.8 Å². The van der Waals surface area contributed by atoms with Crippen molar-refractivity contribution in [2.75, 3.05) is 11.9 Å². The average molecular weight is 265 g/mol. The van der Waals surface area contributed by atoms with E-state index in [0.717, 1.165) is 31.6 Å². The van der Waals surface area contributed by atoms with Crippen LogP contribution in [-0.4, -0.2) is 28.8 Å². The Balaban J connectivity index is 1.80. The molecule has 1 aromatic heterocycles. The van der Waals surface area contributed by atoms with Crippen LogP contribution in [-0.2, 0) is 14.9 Å². The van der Waals surface area contributed by atoms with Crippen molar-refractivity contribution >= 4 is 11.7 Å². The predicted molar refractivity (Wildman–Crippen MR) is 74.1 cm³/mol. The Morgan fingerprint density at radius 1 is 1.58 bits per heavy atom. The highest BCUT2D eigenvalue weighted by atomic mass is 16.5. The molecule has 0 spiro atoms. The third kappa shape index (κ3) is 4.06. The monoisotopic (exact) mass is 265 g/mol. The minimum Gasteiger partial charge on any atom is -0.378 e. The fraction of sp³-hybridized carbons (Fsp3) is 0.714. The Hall–Kier alpha value is -1.36. The highest BCUT2D eigenvalue weighted by molar-refractivity contribution is 5.89. The molecule has 1 atom stereocenters. The number of anilines is 1. The van der Waals surface area contributed by atoms with Gasteiger partial charge >= 0.3 is 0 Å². The van der Waals surface area contributed by atoms with E-state index in [1.54, 1.807) is 0 Å². The zero-order valence-corrected chi connectivity index (χ0v) is 12.0. The zero-order valence-electron chi connectivity index (χ0n) is 12.0. The highest BCUT2D eigenvalue weighted by Gasteiger charge is 2.19. The van der Waals surface area contributed by atoms with Gasteiger partial charge in [0.25, 0.3) is 0 Å². The molecule has 0 bridgehead atoms. The first kappa shape index (κ1) is 14.1. The van der Waals surface area contributed by atoms with Gasteiger partial charge in [0.15, 0.2) is 5.82 Å². The number of ether oxygens (including phenoxy) is 1. The van der Waals surface area contributed by atoms with Crippen LogP contribution < -0.4 is 5.32 Å². The summed E-state index contributed by atoms with van der Waals surface area (Å²) in [4.78, 5) is 11.8. The number of carbonyl (C=O) groups excluding carboxylic acids is 1. The molecule has 19 heavy (non-hydrogen) atoms. The van der Waals surface area contributed by atoms with Crippen LogP contribution in [0.2, 0.25) is 0 Å². The lowest BCUT2D eigenvalue weighted by Gasteiger charge is -2.14. The third-order valence-electron chi connectivity index (χ3n) is 3.37. The van der Waals surface area contributed by atoms with Gasteiger partial charge in [-0.2, -0.15) is 5.10 Å². The normalized spacial score (nSPS) is 19.6. The Bertz CT molecular complexity index is 428. The molecule has 0 aromatic carbocycles. The van der Waals surface area contributed by atoms with Gasteiger partial charge < -0.3 is 10.1 Å². The number of amides is 1. The first-order chi connectivity index (χ1) is 8.95. The lowest BCUT2D eigenvalue weighted by Crippen LogP contribution is -2.15. The zero-order chi connectivity index (χ0) is 13.9. The number of H-pyrrole nitrogens is 1. The van der Waals surface area contributed by atoms with Crippen LogP contribution in [0.3, 0.4) is 0 Å². The lowest BCUT2D eigenvalue weighted by atomic mass is 9.92. The molecule has 1 unspecified atom stereocenters. The second kappa shape index (κ2) is 5.74. The predicted octanol–water partition coefficient (Wildman–Crippen LogP) is 2.60. The van der Waals surface area contributed by atoms with Gasteiger partial charge in [-0.15, -0.1) is 0 Å². The van der Waals surface area contributed by atoms with E-state index in [-0.39, 0.29) is 17.4 Å². The Morgan fingerprint density at radius 3 is 2.95 bits per heavy atom. The third-order valence-corrected chi connectivity index (χ3v) is 3.37. The quantitative estimate of drug-likeness (QED) is 0.879. The van der Waals surface area contributed by atoms with Crippen LogP contribution in [0, 0.1) is 0 Å².